The van der Waals surface area contributed by atoms with Crippen molar-refractivity contribution in [1.82, 2.24) is 0 Å². The maximum absolute atomic E-state index is 10.7. The van der Waals surface area contributed by atoms with Crippen LogP contribution in [0.25, 0.3) is 6.08 Å². The summed E-state index contributed by atoms with van der Waals surface area (Å²) in [6.07, 6.45) is 5.28. The Bertz CT molecular complexity index is 920. The summed E-state index contributed by atoms with van der Waals surface area (Å²) in [5.74, 6) is 1.90. The predicted octanol–water partition coefficient (Wildman–Crippen LogP) is 11.7. The fourth-order valence-electron chi connectivity index (χ4n) is 6.91. The lowest BCUT2D eigenvalue weighted by Crippen LogP contribution is -2.50. The van der Waals surface area contributed by atoms with Gasteiger partial charge in [0.15, 0.2) is 0 Å². The number of carbonyl (C=O) groups excluding carboxylic acids is 1. The molecule has 2 aromatic carbocycles. The lowest BCUT2D eigenvalue weighted by Gasteiger charge is -2.42. The summed E-state index contributed by atoms with van der Waals surface area (Å²) in [6, 6.07) is 15.8. The Morgan fingerprint density at radius 3 is 1.09 bits per heavy atom. The van der Waals surface area contributed by atoms with Crippen molar-refractivity contribution in [3.63, 3.8) is 0 Å². The molecule has 0 atom stereocenters. The molecule has 0 aromatic heterocycles. The zero-order valence-corrected chi connectivity index (χ0v) is 31.4. The molecule has 1 aliphatic heterocycles. The third-order valence-corrected chi connectivity index (χ3v) is 21.0. The van der Waals surface area contributed by atoms with Gasteiger partial charge in [0.2, 0.25) is 0 Å². The van der Waals surface area contributed by atoms with Gasteiger partial charge in [-0.15, -0.1) is 0 Å². The molecule has 4 nitrogen and oxygen atoms in total. The van der Waals surface area contributed by atoms with Crippen LogP contribution in [0.2, 0.25) is 33.2 Å². The zero-order valence-electron chi connectivity index (χ0n) is 29.4. The summed E-state index contributed by atoms with van der Waals surface area (Å²) in [5, 5.41) is 0. The molecule has 0 saturated carbocycles. The number of rotatable bonds is 12. The Balaban J connectivity index is 0.000000369. The highest BCUT2D eigenvalue weighted by Gasteiger charge is 2.47. The standard InChI is InChI=1S/C17H28OSi.C16H26O2Si.C4H8O/c1-8-16-9-11-17(12-10-16)18-19(13(2)3,14(4)5)15(6)7;1-12(2)19(13(3)4,14(5)6)18-16-9-7-15(11-17)8-10-16;1-2-4-5-3-1/h8-15H,1H2,2-7H3;7-14H,1-6H3;1-4H2. The summed E-state index contributed by atoms with van der Waals surface area (Å²) in [6.45, 7) is 33.3. The van der Waals surface area contributed by atoms with Crippen molar-refractivity contribution in [2.24, 2.45) is 0 Å². The molecule has 43 heavy (non-hydrogen) atoms. The van der Waals surface area contributed by atoms with E-state index in [1.165, 1.54) is 12.8 Å². The average Bonchev–Trinajstić information content (AvgIpc) is 3.55. The van der Waals surface area contributed by atoms with E-state index in [0.717, 1.165) is 36.6 Å². The van der Waals surface area contributed by atoms with Crippen LogP contribution in [0.3, 0.4) is 0 Å². The molecule has 6 heteroatoms. The molecule has 2 aromatic rings. The molecule has 0 radical (unpaired) electrons. The van der Waals surface area contributed by atoms with Gasteiger partial charge in [-0.25, -0.2) is 0 Å². The molecule has 242 valence electrons. The number of aldehydes is 1. The molecular formula is C37H62O4Si2. The molecule has 0 amide bonds. The van der Waals surface area contributed by atoms with Crippen molar-refractivity contribution < 1.29 is 18.4 Å². The number of hydrogen-bond donors (Lipinski definition) is 0. The number of benzene rings is 2. The second-order valence-corrected chi connectivity index (χ2v) is 24.4. The maximum Gasteiger partial charge on any atom is 0.258 e. The van der Waals surface area contributed by atoms with Crippen LogP contribution in [-0.2, 0) is 4.74 Å². The second-order valence-electron chi connectivity index (χ2n) is 13.6. The van der Waals surface area contributed by atoms with Crippen LogP contribution in [0.4, 0.5) is 0 Å². The Morgan fingerprint density at radius 2 is 0.884 bits per heavy atom. The lowest BCUT2D eigenvalue weighted by molar-refractivity contribution is 0.112. The van der Waals surface area contributed by atoms with E-state index in [1.54, 1.807) is 0 Å². The maximum atomic E-state index is 10.7. The molecule has 1 heterocycles. The van der Waals surface area contributed by atoms with Gasteiger partial charge in [-0.1, -0.05) is 108 Å². The van der Waals surface area contributed by atoms with Crippen LogP contribution >= 0.6 is 0 Å². The molecule has 0 N–H and O–H groups in total. The predicted molar refractivity (Wildman–Crippen MR) is 192 cm³/mol. The van der Waals surface area contributed by atoms with Crippen LogP contribution in [0.5, 0.6) is 11.5 Å². The highest BCUT2D eigenvalue weighted by Crippen LogP contribution is 2.43. The first-order chi connectivity index (χ1) is 20.2. The minimum absolute atomic E-state index is 0.554. The van der Waals surface area contributed by atoms with E-state index in [0.29, 0.717) is 38.8 Å². The molecule has 0 aliphatic carbocycles. The van der Waals surface area contributed by atoms with Gasteiger partial charge in [-0.3, -0.25) is 4.79 Å². The van der Waals surface area contributed by atoms with Crippen molar-refractivity contribution in [3.05, 3.63) is 66.2 Å². The van der Waals surface area contributed by atoms with Gasteiger partial charge in [0, 0.05) is 18.8 Å². The molecular weight excluding hydrogens is 565 g/mol. The average molecular weight is 627 g/mol. The SMILES string of the molecule is C1CCOC1.C=Cc1ccc(O[Si](C(C)C)(C(C)C)C(C)C)cc1.CC(C)[Si](Oc1ccc(C=O)cc1)(C(C)C)C(C)C. The minimum Gasteiger partial charge on any atom is -0.543 e. The van der Waals surface area contributed by atoms with Gasteiger partial charge in [0.05, 0.1) is 0 Å². The lowest BCUT2D eigenvalue weighted by atomic mass is 10.2. The van der Waals surface area contributed by atoms with Crippen LogP contribution in [-0.4, -0.2) is 36.1 Å². The highest BCUT2D eigenvalue weighted by atomic mass is 28.4. The third kappa shape index (κ3) is 10.8. The molecule has 1 aliphatic rings. The fraction of sp³-hybridized carbons (Fsp3) is 0.595. The largest absolute Gasteiger partial charge is 0.543 e. The molecule has 1 fully saturated rings. The second kappa shape index (κ2) is 18.6. The van der Waals surface area contributed by atoms with E-state index >= 15 is 0 Å². The number of carbonyl (C=O) groups is 1. The first kappa shape index (κ1) is 38.9. The molecule has 1 saturated heterocycles. The fourth-order valence-corrected chi connectivity index (χ4v) is 17.4. The van der Waals surface area contributed by atoms with E-state index < -0.39 is 16.6 Å². The van der Waals surface area contributed by atoms with Gasteiger partial charge < -0.3 is 13.6 Å². The van der Waals surface area contributed by atoms with Gasteiger partial charge in [0.25, 0.3) is 16.6 Å². The number of ether oxygens (including phenoxy) is 1. The zero-order chi connectivity index (χ0) is 32.8. The van der Waals surface area contributed by atoms with Crippen molar-refractivity contribution in [3.8, 4) is 11.5 Å². The smallest absolute Gasteiger partial charge is 0.258 e. The Labute approximate surface area is 266 Å². The van der Waals surface area contributed by atoms with Crippen LogP contribution in [0.15, 0.2) is 55.1 Å². The first-order valence-corrected chi connectivity index (χ1v) is 20.7. The quantitative estimate of drug-likeness (QED) is 0.174. The monoisotopic (exact) mass is 626 g/mol. The van der Waals surface area contributed by atoms with E-state index in [1.807, 2.05) is 30.3 Å². The summed E-state index contributed by atoms with van der Waals surface area (Å²) < 4.78 is 18.0. The third-order valence-electron chi connectivity index (χ3n) is 8.96. The van der Waals surface area contributed by atoms with Crippen molar-refractivity contribution in [1.29, 1.82) is 0 Å². The molecule has 3 rings (SSSR count). The van der Waals surface area contributed by atoms with Gasteiger partial charge in [-0.05, 0) is 88.1 Å². The van der Waals surface area contributed by atoms with E-state index in [-0.39, 0.29) is 0 Å². The van der Waals surface area contributed by atoms with Gasteiger partial charge in [0.1, 0.15) is 17.8 Å². The van der Waals surface area contributed by atoms with Crippen LogP contribution in [0, 0.1) is 0 Å². The van der Waals surface area contributed by atoms with Gasteiger partial charge in [-0.2, -0.15) is 0 Å². The summed E-state index contributed by atoms with van der Waals surface area (Å²) in [7, 11) is -3.71. The summed E-state index contributed by atoms with van der Waals surface area (Å²) in [5.41, 5.74) is 5.30. The Morgan fingerprint density at radius 1 is 0.581 bits per heavy atom. The van der Waals surface area contributed by atoms with Gasteiger partial charge >= 0.3 is 0 Å². The normalized spacial score (nSPS) is 13.6. The van der Waals surface area contributed by atoms with E-state index in [2.05, 4.69) is 114 Å². The molecule has 0 spiro atoms. The topological polar surface area (TPSA) is 44.8 Å². The summed E-state index contributed by atoms with van der Waals surface area (Å²) in [4.78, 5) is 10.7. The van der Waals surface area contributed by atoms with Crippen LogP contribution in [0.1, 0.15) is 112 Å². The van der Waals surface area contributed by atoms with Crippen molar-refractivity contribution in [2.75, 3.05) is 13.2 Å². The van der Waals surface area contributed by atoms with Crippen molar-refractivity contribution in [2.45, 2.75) is 129 Å². The Kier molecular flexibility index (Phi) is 16.8. The molecule has 0 bridgehead atoms. The number of hydrogen-bond acceptors (Lipinski definition) is 4. The highest BCUT2D eigenvalue weighted by molar-refractivity contribution is 6.78. The van der Waals surface area contributed by atoms with Crippen LogP contribution < -0.4 is 8.85 Å². The first-order valence-electron chi connectivity index (χ1n) is 16.4. The van der Waals surface area contributed by atoms with Crippen molar-refractivity contribution >= 4 is 29.0 Å². The Hall–Kier alpha value is -2.16. The summed E-state index contributed by atoms with van der Waals surface area (Å²) >= 11 is 0. The minimum atomic E-state index is -1.88. The molecule has 0 unspecified atom stereocenters. The van der Waals surface area contributed by atoms with E-state index in [9.17, 15) is 4.79 Å². The van der Waals surface area contributed by atoms with E-state index in [4.69, 9.17) is 13.6 Å².